The van der Waals surface area contributed by atoms with Gasteiger partial charge in [0.05, 0.1) is 0 Å². The Labute approximate surface area is 118 Å². The Morgan fingerprint density at radius 2 is 2.15 bits per heavy atom. The summed E-state index contributed by atoms with van der Waals surface area (Å²) in [6.07, 6.45) is 0. The smallest absolute Gasteiger partial charge is 0.270 e. The van der Waals surface area contributed by atoms with E-state index in [0.29, 0.717) is 18.1 Å². The highest BCUT2D eigenvalue weighted by Gasteiger charge is 2.10. The molecule has 0 radical (unpaired) electrons. The molecule has 5 nitrogen and oxygen atoms in total. The number of hydrogen-bond donors (Lipinski definition) is 2. The molecule has 0 aliphatic carbocycles. The minimum atomic E-state index is -0.188. The number of likely N-dealkylation sites (N-methyl/N-ethyl adjacent to an activating group) is 1. The lowest BCUT2D eigenvalue weighted by Crippen LogP contribution is -2.33. The Morgan fingerprint density at radius 3 is 2.90 bits per heavy atom. The number of benzene rings is 1. The topological polar surface area (TPSA) is 71.2 Å². The fraction of sp³-hybridized carbons (Fsp3) is 0.333. The Morgan fingerprint density at radius 1 is 1.40 bits per heavy atom. The SMILES string of the molecule is CCN(C)CCNC(=O)c1cc2ccccc2c(N)n1. The number of pyridine rings is 1. The summed E-state index contributed by atoms with van der Waals surface area (Å²) in [5.74, 6) is 0.200. The molecule has 1 aromatic heterocycles. The standard InChI is InChI=1S/C15H20N4O/c1-3-19(2)9-8-17-15(20)13-10-11-6-4-5-7-12(11)14(16)18-13/h4-7,10H,3,8-9H2,1-2H3,(H2,16,18)(H,17,20). The molecule has 2 aromatic rings. The molecule has 1 aromatic carbocycles. The zero-order chi connectivity index (χ0) is 14.5. The lowest BCUT2D eigenvalue weighted by atomic mass is 10.1. The molecular formula is C15H20N4O. The molecule has 0 aliphatic heterocycles. The van der Waals surface area contributed by atoms with E-state index in [-0.39, 0.29) is 5.91 Å². The summed E-state index contributed by atoms with van der Waals surface area (Å²) in [5.41, 5.74) is 6.26. The average molecular weight is 272 g/mol. The van der Waals surface area contributed by atoms with Gasteiger partial charge in [-0.3, -0.25) is 4.79 Å². The first-order chi connectivity index (χ1) is 9.61. The number of rotatable bonds is 5. The van der Waals surface area contributed by atoms with E-state index in [1.807, 2.05) is 31.3 Å². The number of hydrogen-bond acceptors (Lipinski definition) is 4. The van der Waals surface area contributed by atoms with Crippen molar-refractivity contribution in [3.63, 3.8) is 0 Å². The molecule has 0 bridgehead atoms. The number of nitrogens with zero attached hydrogens (tertiary/aromatic N) is 2. The van der Waals surface area contributed by atoms with E-state index in [2.05, 4.69) is 22.1 Å². The van der Waals surface area contributed by atoms with Gasteiger partial charge in [0.15, 0.2) is 0 Å². The van der Waals surface area contributed by atoms with Gasteiger partial charge in [0.1, 0.15) is 11.5 Å². The van der Waals surface area contributed by atoms with Crippen molar-refractivity contribution in [2.24, 2.45) is 0 Å². The maximum absolute atomic E-state index is 12.1. The molecule has 1 heterocycles. The van der Waals surface area contributed by atoms with Crippen LogP contribution in [0.4, 0.5) is 5.82 Å². The minimum absolute atomic E-state index is 0.188. The second kappa shape index (κ2) is 6.34. The average Bonchev–Trinajstić information content (AvgIpc) is 2.46. The van der Waals surface area contributed by atoms with E-state index >= 15 is 0 Å². The molecule has 5 heteroatoms. The Hall–Kier alpha value is -2.14. The van der Waals surface area contributed by atoms with Gasteiger partial charge >= 0.3 is 0 Å². The number of carbonyl (C=O) groups is 1. The summed E-state index contributed by atoms with van der Waals surface area (Å²) < 4.78 is 0. The summed E-state index contributed by atoms with van der Waals surface area (Å²) >= 11 is 0. The predicted molar refractivity (Wildman–Crippen MR) is 81.7 cm³/mol. The van der Waals surface area contributed by atoms with Crippen molar-refractivity contribution in [1.29, 1.82) is 0 Å². The van der Waals surface area contributed by atoms with E-state index in [0.717, 1.165) is 23.9 Å². The zero-order valence-corrected chi connectivity index (χ0v) is 11.9. The van der Waals surface area contributed by atoms with Crippen LogP contribution in [0.25, 0.3) is 10.8 Å². The first kappa shape index (κ1) is 14.3. The first-order valence-corrected chi connectivity index (χ1v) is 6.74. The van der Waals surface area contributed by atoms with Crippen LogP contribution < -0.4 is 11.1 Å². The second-order valence-corrected chi connectivity index (χ2v) is 4.77. The van der Waals surface area contributed by atoms with Crippen LogP contribution in [0.3, 0.4) is 0 Å². The van der Waals surface area contributed by atoms with Crippen molar-refractivity contribution < 1.29 is 4.79 Å². The van der Waals surface area contributed by atoms with Crippen LogP contribution in [0.5, 0.6) is 0 Å². The Balaban J connectivity index is 2.10. The quantitative estimate of drug-likeness (QED) is 0.865. The fourth-order valence-corrected chi connectivity index (χ4v) is 1.95. The molecule has 0 atom stereocenters. The van der Waals surface area contributed by atoms with Gasteiger partial charge in [-0.2, -0.15) is 0 Å². The van der Waals surface area contributed by atoms with Crippen LogP contribution >= 0.6 is 0 Å². The van der Waals surface area contributed by atoms with Gasteiger partial charge in [-0.25, -0.2) is 4.98 Å². The second-order valence-electron chi connectivity index (χ2n) is 4.77. The maximum atomic E-state index is 12.1. The van der Waals surface area contributed by atoms with Crippen molar-refractivity contribution in [1.82, 2.24) is 15.2 Å². The Bertz CT molecular complexity index is 612. The number of carbonyl (C=O) groups excluding carboxylic acids is 1. The van der Waals surface area contributed by atoms with Crippen molar-refractivity contribution in [3.05, 3.63) is 36.0 Å². The summed E-state index contributed by atoms with van der Waals surface area (Å²) in [5, 5.41) is 4.65. The van der Waals surface area contributed by atoms with E-state index in [1.54, 1.807) is 6.07 Å². The molecule has 3 N–H and O–H groups in total. The lowest BCUT2D eigenvalue weighted by Gasteiger charge is -2.14. The van der Waals surface area contributed by atoms with E-state index < -0.39 is 0 Å². The van der Waals surface area contributed by atoms with Crippen molar-refractivity contribution >= 4 is 22.5 Å². The van der Waals surface area contributed by atoms with Crippen molar-refractivity contribution in [2.45, 2.75) is 6.92 Å². The highest BCUT2D eigenvalue weighted by molar-refractivity contribution is 5.99. The van der Waals surface area contributed by atoms with Gasteiger partial charge in [0, 0.05) is 18.5 Å². The fourth-order valence-electron chi connectivity index (χ4n) is 1.95. The van der Waals surface area contributed by atoms with Crippen LogP contribution in [0, 0.1) is 0 Å². The van der Waals surface area contributed by atoms with Crippen molar-refractivity contribution in [2.75, 3.05) is 32.4 Å². The van der Waals surface area contributed by atoms with E-state index in [4.69, 9.17) is 5.73 Å². The van der Waals surface area contributed by atoms with Crippen LogP contribution in [0.15, 0.2) is 30.3 Å². The van der Waals surface area contributed by atoms with Gasteiger partial charge < -0.3 is 16.0 Å². The maximum Gasteiger partial charge on any atom is 0.270 e. The third kappa shape index (κ3) is 3.24. The number of nitrogens with two attached hydrogens (primary N) is 1. The molecule has 0 fully saturated rings. The highest BCUT2D eigenvalue weighted by atomic mass is 16.1. The van der Waals surface area contributed by atoms with Gasteiger partial charge in [-0.15, -0.1) is 0 Å². The van der Waals surface area contributed by atoms with E-state index in [1.165, 1.54) is 0 Å². The number of nitrogen functional groups attached to an aromatic ring is 1. The first-order valence-electron chi connectivity index (χ1n) is 6.74. The van der Waals surface area contributed by atoms with Gasteiger partial charge in [-0.05, 0) is 25.0 Å². The molecule has 1 amide bonds. The van der Waals surface area contributed by atoms with Crippen LogP contribution in [-0.2, 0) is 0 Å². The summed E-state index contributed by atoms with van der Waals surface area (Å²) in [4.78, 5) is 18.4. The number of nitrogens with one attached hydrogen (secondary N) is 1. The third-order valence-electron chi connectivity index (χ3n) is 3.32. The molecule has 0 saturated carbocycles. The molecule has 20 heavy (non-hydrogen) atoms. The zero-order valence-electron chi connectivity index (χ0n) is 11.9. The van der Waals surface area contributed by atoms with Crippen LogP contribution in [0.2, 0.25) is 0 Å². The molecule has 0 aliphatic rings. The number of amides is 1. The monoisotopic (exact) mass is 272 g/mol. The van der Waals surface area contributed by atoms with Crippen LogP contribution in [-0.4, -0.2) is 42.5 Å². The number of anilines is 1. The summed E-state index contributed by atoms with van der Waals surface area (Å²) in [6, 6.07) is 9.41. The predicted octanol–water partition coefficient (Wildman–Crippen LogP) is 1.50. The Kier molecular flexibility index (Phi) is 4.53. The van der Waals surface area contributed by atoms with Gasteiger partial charge in [0.2, 0.25) is 0 Å². The third-order valence-corrected chi connectivity index (χ3v) is 3.32. The van der Waals surface area contributed by atoms with Gasteiger partial charge in [-0.1, -0.05) is 31.2 Å². The summed E-state index contributed by atoms with van der Waals surface area (Å²) in [7, 11) is 2.01. The summed E-state index contributed by atoms with van der Waals surface area (Å²) in [6.45, 7) is 4.44. The highest BCUT2D eigenvalue weighted by Crippen LogP contribution is 2.19. The van der Waals surface area contributed by atoms with E-state index in [9.17, 15) is 4.79 Å². The molecule has 0 spiro atoms. The lowest BCUT2D eigenvalue weighted by molar-refractivity contribution is 0.0945. The molecule has 0 unspecified atom stereocenters. The largest absolute Gasteiger partial charge is 0.383 e. The molecule has 106 valence electrons. The number of fused-ring (bicyclic) bond motifs is 1. The molecule has 2 rings (SSSR count). The van der Waals surface area contributed by atoms with Crippen molar-refractivity contribution in [3.8, 4) is 0 Å². The number of aromatic nitrogens is 1. The van der Waals surface area contributed by atoms with Crippen LogP contribution in [0.1, 0.15) is 17.4 Å². The minimum Gasteiger partial charge on any atom is -0.383 e. The van der Waals surface area contributed by atoms with Gasteiger partial charge in [0.25, 0.3) is 5.91 Å². The normalized spacial score (nSPS) is 10.9. The molecule has 0 saturated heterocycles. The molecular weight excluding hydrogens is 252 g/mol.